The lowest BCUT2D eigenvalue weighted by Crippen LogP contribution is -2.26. The van der Waals surface area contributed by atoms with Crippen LogP contribution in [0.5, 0.6) is 0 Å². The van der Waals surface area contributed by atoms with Crippen LogP contribution in [0, 0.1) is 11.2 Å². The zero-order valence-corrected chi connectivity index (χ0v) is 9.68. The number of rotatable bonds is 3. The molecule has 0 aliphatic heterocycles. The molecule has 0 aromatic heterocycles. The standard InChI is InChI=1S/C11H11BrFNO/c12-7-1-2-9(13)8(5-7)10(15)11(6-14)3-4-11/h1-2,5H,3-4,6,14H2. The Labute approximate surface area is 95.8 Å². The number of Topliss-reactive ketones (excluding diaryl/α,β-unsaturated/α-hetero) is 1. The average molecular weight is 272 g/mol. The maximum Gasteiger partial charge on any atom is 0.173 e. The molecule has 1 aromatic carbocycles. The minimum atomic E-state index is -0.484. The topological polar surface area (TPSA) is 43.1 Å². The Bertz CT molecular complexity index is 415. The highest BCUT2D eigenvalue weighted by Gasteiger charge is 2.49. The second-order valence-electron chi connectivity index (χ2n) is 3.94. The summed E-state index contributed by atoms with van der Waals surface area (Å²) in [5.41, 5.74) is 5.20. The molecular weight excluding hydrogens is 261 g/mol. The summed E-state index contributed by atoms with van der Waals surface area (Å²) in [6.45, 7) is 0.303. The smallest absolute Gasteiger partial charge is 0.173 e. The van der Waals surface area contributed by atoms with Gasteiger partial charge in [-0.15, -0.1) is 0 Å². The predicted octanol–water partition coefficient (Wildman–Crippen LogP) is 2.51. The lowest BCUT2D eigenvalue weighted by molar-refractivity contribution is 0.0901. The Morgan fingerprint density at radius 3 is 2.73 bits per heavy atom. The van der Waals surface area contributed by atoms with Crippen molar-refractivity contribution in [2.24, 2.45) is 11.1 Å². The molecule has 1 saturated carbocycles. The number of hydrogen-bond acceptors (Lipinski definition) is 2. The lowest BCUT2D eigenvalue weighted by Gasteiger charge is -2.11. The van der Waals surface area contributed by atoms with Crippen LogP contribution in [0.2, 0.25) is 0 Å². The van der Waals surface area contributed by atoms with Gasteiger partial charge in [0, 0.05) is 16.4 Å². The van der Waals surface area contributed by atoms with Crippen LogP contribution in [0.3, 0.4) is 0 Å². The van der Waals surface area contributed by atoms with E-state index in [1.54, 1.807) is 6.07 Å². The third-order valence-electron chi connectivity index (χ3n) is 2.90. The van der Waals surface area contributed by atoms with Crippen LogP contribution >= 0.6 is 15.9 Å². The van der Waals surface area contributed by atoms with Crippen LogP contribution in [0.15, 0.2) is 22.7 Å². The van der Waals surface area contributed by atoms with Gasteiger partial charge >= 0.3 is 0 Å². The largest absolute Gasteiger partial charge is 0.329 e. The first-order valence-electron chi connectivity index (χ1n) is 4.79. The highest BCUT2D eigenvalue weighted by atomic mass is 79.9. The number of halogens is 2. The molecule has 0 heterocycles. The van der Waals surface area contributed by atoms with Gasteiger partial charge < -0.3 is 5.73 Å². The maximum absolute atomic E-state index is 13.4. The van der Waals surface area contributed by atoms with Crippen molar-refractivity contribution in [3.8, 4) is 0 Å². The zero-order chi connectivity index (χ0) is 11.1. The molecule has 4 heteroatoms. The molecule has 0 radical (unpaired) electrons. The highest BCUT2D eigenvalue weighted by Crippen LogP contribution is 2.47. The molecule has 80 valence electrons. The first-order chi connectivity index (χ1) is 7.09. The molecule has 1 aromatic rings. The maximum atomic E-state index is 13.4. The van der Waals surface area contributed by atoms with E-state index in [1.807, 2.05) is 0 Å². The Morgan fingerprint density at radius 1 is 1.53 bits per heavy atom. The van der Waals surface area contributed by atoms with Crippen molar-refractivity contribution in [2.75, 3.05) is 6.54 Å². The molecule has 0 unspecified atom stereocenters. The van der Waals surface area contributed by atoms with Gasteiger partial charge in [-0.3, -0.25) is 4.79 Å². The van der Waals surface area contributed by atoms with Crippen LogP contribution in [-0.2, 0) is 0 Å². The number of carbonyl (C=O) groups is 1. The van der Waals surface area contributed by atoms with Gasteiger partial charge in [-0.25, -0.2) is 4.39 Å². The van der Waals surface area contributed by atoms with Gasteiger partial charge in [0.1, 0.15) is 5.82 Å². The summed E-state index contributed by atoms with van der Waals surface area (Å²) >= 11 is 3.22. The SMILES string of the molecule is NCC1(C(=O)c2cc(Br)ccc2F)CC1. The van der Waals surface area contributed by atoms with Crippen LogP contribution < -0.4 is 5.73 Å². The van der Waals surface area contributed by atoms with E-state index < -0.39 is 11.2 Å². The normalized spacial score (nSPS) is 17.5. The second kappa shape index (κ2) is 3.68. The summed E-state index contributed by atoms with van der Waals surface area (Å²) in [4.78, 5) is 12.0. The van der Waals surface area contributed by atoms with E-state index in [1.165, 1.54) is 12.1 Å². The van der Waals surface area contributed by atoms with Crippen molar-refractivity contribution < 1.29 is 9.18 Å². The highest BCUT2D eigenvalue weighted by molar-refractivity contribution is 9.10. The van der Waals surface area contributed by atoms with E-state index in [0.29, 0.717) is 11.0 Å². The molecule has 2 rings (SSSR count). The third kappa shape index (κ3) is 1.84. The van der Waals surface area contributed by atoms with E-state index in [-0.39, 0.29) is 11.3 Å². The summed E-state index contributed by atoms with van der Waals surface area (Å²) in [6, 6.07) is 4.39. The van der Waals surface area contributed by atoms with Crippen molar-refractivity contribution in [2.45, 2.75) is 12.8 Å². The number of carbonyl (C=O) groups excluding carboxylic acids is 1. The van der Waals surface area contributed by atoms with Crippen molar-refractivity contribution in [1.82, 2.24) is 0 Å². The van der Waals surface area contributed by atoms with Crippen LogP contribution in [0.4, 0.5) is 4.39 Å². The molecule has 1 aliphatic rings. The van der Waals surface area contributed by atoms with Crippen molar-refractivity contribution >= 4 is 21.7 Å². The Hall–Kier alpha value is -0.740. The van der Waals surface area contributed by atoms with Gasteiger partial charge in [0.15, 0.2) is 5.78 Å². The molecule has 0 saturated heterocycles. The molecule has 0 atom stereocenters. The average Bonchev–Trinajstić information content (AvgIpc) is 3.01. The van der Waals surface area contributed by atoms with Gasteiger partial charge in [0.05, 0.1) is 5.56 Å². The molecular formula is C11H11BrFNO. The summed E-state index contributed by atoms with van der Waals surface area (Å²) in [5, 5.41) is 0. The minimum absolute atomic E-state index is 0.146. The first-order valence-corrected chi connectivity index (χ1v) is 5.58. The summed E-state index contributed by atoms with van der Waals surface area (Å²) in [6.07, 6.45) is 1.54. The summed E-state index contributed by atoms with van der Waals surface area (Å²) in [7, 11) is 0. The second-order valence-corrected chi connectivity index (χ2v) is 4.85. The van der Waals surface area contributed by atoms with Crippen molar-refractivity contribution in [1.29, 1.82) is 0 Å². The third-order valence-corrected chi connectivity index (χ3v) is 3.39. The van der Waals surface area contributed by atoms with Gasteiger partial charge in [-0.2, -0.15) is 0 Å². The molecule has 2 nitrogen and oxygen atoms in total. The van der Waals surface area contributed by atoms with E-state index in [2.05, 4.69) is 15.9 Å². The van der Waals surface area contributed by atoms with Crippen LogP contribution in [0.1, 0.15) is 23.2 Å². The van der Waals surface area contributed by atoms with Crippen LogP contribution in [-0.4, -0.2) is 12.3 Å². The van der Waals surface area contributed by atoms with Gasteiger partial charge in [0.2, 0.25) is 0 Å². The van der Waals surface area contributed by atoms with Gasteiger partial charge in [0.25, 0.3) is 0 Å². The number of hydrogen-bond donors (Lipinski definition) is 1. The number of nitrogens with two attached hydrogens (primary N) is 1. The number of benzene rings is 1. The van der Waals surface area contributed by atoms with Gasteiger partial charge in [-0.05, 0) is 31.0 Å². The van der Waals surface area contributed by atoms with Crippen molar-refractivity contribution in [3.63, 3.8) is 0 Å². The summed E-state index contributed by atoms with van der Waals surface area (Å²) < 4.78 is 14.1. The molecule has 0 amide bonds. The Kier molecular flexibility index (Phi) is 2.64. The van der Waals surface area contributed by atoms with E-state index in [4.69, 9.17) is 5.73 Å². The van der Waals surface area contributed by atoms with Gasteiger partial charge in [-0.1, -0.05) is 15.9 Å². The predicted molar refractivity (Wildman–Crippen MR) is 59.2 cm³/mol. The molecule has 1 aliphatic carbocycles. The molecule has 1 fully saturated rings. The van der Waals surface area contributed by atoms with E-state index >= 15 is 0 Å². The van der Waals surface area contributed by atoms with E-state index in [9.17, 15) is 9.18 Å². The fourth-order valence-corrected chi connectivity index (χ4v) is 1.99. The Balaban J connectivity index is 2.37. The molecule has 15 heavy (non-hydrogen) atoms. The number of ketones is 1. The fraction of sp³-hybridized carbons (Fsp3) is 0.364. The molecule has 0 bridgehead atoms. The minimum Gasteiger partial charge on any atom is -0.329 e. The lowest BCUT2D eigenvalue weighted by atomic mass is 9.94. The quantitative estimate of drug-likeness (QED) is 0.859. The van der Waals surface area contributed by atoms with Crippen LogP contribution in [0.25, 0.3) is 0 Å². The van der Waals surface area contributed by atoms with Crippen molar-refractivity contribution in [3.05, 3.63) is 34.1 Å². The summed E-state index contributed by atoms with van der Waals surface area (Å²) in [5.74, 6) is -0.633. The van der Waals surface area contributed by atoms with E-state index in [0.717, 1.165) is 12.8 Å². The first kappa shape index (κ1) is 10.8. The Morgan fingerprint density at radius 2 is 2.20 bits per heavy atom. The monoisotopic (exact) mass is 271 g/mol. The molecule has 2 N–H and O–H groups in total. The fourth-order valence-electron chi connectivity index (χ4n) is 1.63. The molecule has 0 spiro atoms. The zero-order valence-electron chi connectivity index (χ0n) is 8.09.